The Labute approximate surface area is 358 Å². The first kappa shape index (κ1) is 51.8. The number of non-ortho nitro benzene ring substituents is 2. The van der Waals surface area contributed by atoms with E-state index in [-0.39, 0.29) is 60.1 Å². The summed E-state index contributed by atoms with van der Waals surface area (Å²) in [4.78, 5) is 20.6. The normalized spacial score (nSPS) is 11.3. The highest BCUT2D eigenvalue weighted by Gasteiger charge is 2.25. The van der Waals surface area contributed by atoms with E-state index in [4.69, 9.17) is 33.3 Å². The summed E-state index contributed by atoms with van der Waals surface area (Å²) in [5, 5.41) is 22.6. The number of nitrogens with two attached hydrogens (primary N) is 1. The minimum atomic E-state index is -3.87. The van der Waals surface area contributed by atoms with Gasteiger partial charge in [0.15, 0.2) is 11.5 Å². The summed E-state index contributed by atoms with van der Waals surface area (Å²) in [7, 11) is -9.99. The Morgan fingerprint density at radius 3 is 1.50 bits per heavy atom. The second-order valence-corrected chi connectivity index (χ2v) is 18.9. The zero-order chi connectivity index (χ0) is 44.6. The first-order valence-electron chi connectivity index (χ1n) is 18.6. The van der Waals surface area contributed by atoms with Crippen LogP contribution in [0.2, 0.25) is 0 Å². The van der Waals surface area contributed by atoms with E-state index in [1.807, 2.05) is 32.0 Å². The number of para-hydroxylation sites is 2. The summed E-state index contributed by atoms with van der Waals surface area (Å²) in [6.07, 6.45) is 1.30. The monoisotopic (exact) mass is 960 g/mol. The Kier molecular flexibility index (Phi) is 23.1. The first-order valence-corrected chi connectivity index (χ1v) is 24.9. The van der Waals surface area contributed by atoms with Crippen LogP contribution in [0.5, 0.6) is 23.0 Å². The maximum absolute atomic E-state index is 12.6. The number of anilines is 2. The van der Waals surface area contributed by atoms with Gasteiger partial charge < -0.3 is 33.3 Å². The zero-order valence-corrected chi connectivity index (χ0v) is 37.9. The fraction of sp³-hybridized carbons (Fsp3) is 0.368. The van der Waals surface area contributed by atoms with Gasteiger partial charge in [0.1, 0.15) is 11.5 Å². The van der Waals surface area contributed by atoms with Crippen molar-refractivity contribution in [2.24, 2.45) is 0 Å². The lowest BCUT2D eigenvalue weighted by Crippen LogP contribution is -2.18. The molecule has 3 N–H and O–H groups in total. The molecule has 60 heavy (non-hydrogen) atoms. The molecule has 0 amide bonds. The van der Waals surface area contributed by atoms with Crippen molar-refractivity contribution in [2.45, 2.75) is 40.5 Å². The van der Waals surface area contributed by atoms with Crippen LogP contribution in [0, 0.1) is 20.2 Å². The lowest BCUT2D eigenvalue weighted by molar-refractivity contribution is -0.385. The highest BCUT2D eigenvalue weighted by Crippen LogP contribution is 2.49. The molecule has 0 aliphatic carbocycles. The second kappa shape index (κ2) is 26.7. The molecule has 4 aromatic carbocycles. The number of nitro benzene ring substituents is 2. The maximum atomic E-state index is 12.6. The molecular formula is C38H51BrN4O14P2S. The Hall–Kier alpha value is -4.39. The van der Waals surface area contributed by atoms with Crippen molar-refractivity contribution in [3.63, 3.8) is 0 Å². The number of rotatable bonds is 23. The van der Waals surface area contributed by atoms with Gasteiger partial charge >= 0.3 is 15.2 Å². The maximum Gasteiger partial charge on any atom is 0.330 e. The molecule has 0 aromatic heterocycles. The van der Waals surface area contributed by atoms with Gasteiger partial charge in [-0.2, -0.15) is 0 Å². The Bertz CT molecular complexity index is 2120. The molecule has 4 aromatic rings. The quantitative estimate of drug-likeness (QED) is 0.0231. The average Bonchev–Trinajstić information content (AvgIpc) is 3.20. The largest absolute Gasteiger partial charge is 0.455 e. The van der Waals surface area contributed by atoms with Gasteiger partial charge in [-0.15, -0.1) is 0 Å². The van der Waals surface area contributed by atoms with Gasteiger partial charge in [0.2, 0.25) is 10.0 Å². The smallest absolute Gasteiger partial charge is 0.330 e. The van der Waals surface area contributed by atoms with Crippen LogP contribution in [0.3, 0.4) is 0 Å². The van der Waals surface area contributed by atoms with Crippen LogP contribution < -0.4 is 19.9 Å². The average molecular weight is 962 g/mol. The van der Waals surface area contributed by atoms with Crippen LogP contribution in [0.15, 0.2) is 97.1 Å². The topological polar surface area (TPSA) is 248 Å². The number of nitrogens with zero attached hydrogens (tertiary/aromatic N) is 2. The number of nitrogen functional groups attached to an aromatic ring is 1. The van der Waals surface area contributed by atoms with E-state index in [1.165, 1.54) is 30.3 Å². The molecule has 0 radical (unpaired) electrons. The number of ether oxygens (including phenoxy) is 2. The van der Waals surface area contributed by atoms with Crippen LogP contribution >= 0.6 is 31.1 Å². The summed E-state index contributed by atoms with van der Waals surface area (Å²) in [6, 6.07) is 25.1. The van der Waals surface area contributed by atoms with Crippen LogP contribution in [0.4, 0.5) is 22.7 Å². The molecule has 0 heterocycles. The van der Waals surface area contributed by atoms with Gasteiger partial charge in [-0.25, -0.2) is 8.42 Å². The number of nitro groups is 2. The highest BCUT2D eigenvalue weighted by atomic mass is 79.9. The summed E-state index contributed by atoms with van der Waals surface area (Å²) in [5.74, 6) is 0.889. The molecule has 18 nitrogen and oxygen atoms in total. The van der Waals surface area contributed by atoms with Crippen molar-refractivity contribution < 1.29 is 55.0 Å². The van der Waals surface area contributed by atoms with Gasteiger partial charge in [-0.1, -0.05) is 52.3 Å². The van der Waals surface area contributed by atoms with Crippen molar-refractivity contribution in [3.8, 4) is 23.0 Å². The number of hydrogen-bond donors (Lipinski definition) is 2. The predicted octanol–water partition coefficient (Wildman–Crippen LogP) is 10.8. The number of sulfonamides is 1. The molecule has 0 atom stereocenters. The Morgan fingerprint density at radius 1 is 0.650 bits per heavy atom. The van der Waals surface area contributed by atoms with E-state index >= 15 is 0 Å². The summed E-state index contributed by atoms with van der Waals surface area (Å²) < 4.78 is 83.3. The van der Waals surface area contributed by atoms with Gasteiger partial charge in [-0.3, -0.25) is 34.1 Å². The van der Waals surface area contributed by atoms with Crippen LogP contribution in [0.1, 0.15) is 40.5 Å². The van der Waals surface area contributed by atoms with Gasteiger partial charge in [0.25, 0.3) is 11.4 Å². The van der Waals surface area contributed by atoms with E-state index in [0.717, 1.165) is 17.8 Å². The van der Waals surface area contributed by atoms with Crippen LogP contribution in [0.25, 0.3) is 0 Å². The van der Waals surface area contributed by atoms with Gasteiger partial charge in [-0.05, 0) is 76.9 Å². The predicted molar refractivity (Wildman–Crippen MR) is 236 cm³/mol. The summed E-state index contributed by atoms with van der Waals surface area (Å²) in [5.41, 5.74) is 5.80. The number of alkyl halides is 1. The van der Waals surface area contributed by atoms with Gasteiger partial charge in [0, 0.05) is 17.5 Å². The van der Waals surface area contributed by atoms with E-state index in [0.29, 0.717) is 36.6 Å². The van der Waals surface area contributed by atoms with E-state index < -0.39 is 35.1 Å². The Balaban J connectivity index is 0.000000356. The molecule has 0 spiro atoms. The van der Waals surface area contributed by atoms with Crippen molar-refractivity contribution in [3.05, 3.63) is 117 Å². The Morgan fingerprint density at radius 2 is 1.07 bits per heavy atom. The lowest BCUT2D eigenvalue weighted by atomic mass is 10.2. The summed E-state index contributed by atoms with van der Waals surface area (Å²) >= 11 is 3.27. The van der Waals surface area contributed by atoms with Crippen molar-refractivity contribution in [2.75, 3.05) is 60.3 Å². The van der Waals surface area contributed by atoms with E-state index in [1.54, 1.807) is 56.3 Å². The SMILES string of the molecule is CCOP(=O)(CCCBr)OCC.CCOP(=O)(CCCS(=O)(=O)Nc1ccc([N+](=O)[O-])cc1Oc1ccccc1)OCC.Nc1ccc([N+](=O)[O-])cc1Oc1ccccc1. The molecule has 0 saturated carbocycles. The molecule has 0 bridgehead atoms. The summed E-state index contributed by atoms with van der Waals surface area (Å²) in [6.45, 7) is 8.24. The number of benzene rings is 4. The molecule has 0 fully saturated rings. The molecule has 0 aliphatic heterocycles. The van der Waals surface area contributed by atoms with Gasteiger partial charge in [0.05, 0.1) is 77.9 Å². The number of halogens is 1. The molecular weight excluding hydrogens is 910 g/mol. The van der Waals surface area contributed by atoms with Crippen molar-refractivity contribution in [1.82, 2.24) is 0 Å². The fourth-order valence-electron chi connectivity index (χ4n) is 4.79. The van der Waals surface area contributed by atoms with E-state index in [2.05, 4.69) is 20.7 Å². The third-order valence-electron chi connectivity index (χ3n) is 7.31. The van der Waals surface area contributed by atoms with E-state index in [9.17, 15) is 37.8 Å². The van der Waals surface area contributed by atoms with Crippen molar-refractivity contribution in [1.29, 1.82) is 0 Å². The van der Waals surface area contributed by atoms with Crippen molar-refractivity contribution >= 4 is 63.9 Å². The minimum Gasteiger partial charge on any atom is -0.455 e. The molecule has 330 valence electrons. The molecule has 22 heteroatoms. The third kappa shape index (κ3) is 19.3. The second-order valence-electron chi connectivity index (χ2n) is 11.9. The lowest BCUT2D eigenvalue weighted by Gasteiger charge is -2.17. The number of nitrogens with one attached hydrogen (secondary N) is 1. The highest BCUT2D eigenvalue weighted by molar-refractivity contribution is 9.09. The third-order valence-corrected chi connectivity index (χ3v) is 13.6. The molecule has 0 unspecified atom stereocenters. The fourth-order valence-corrected chi connectivity index (χ4v) is 10.2. The molecule has 0 saturated heterocycles. The van der Waals surface area contributed by atoms with Crippen LogP contribution in [-0.4, -0.2) is 68.1 Å². The molecule has 4 rings (SSSR count). The standard InChI is InChI=1S/C19H25N2O8PS.C12H10N2O3.C7H16BrO3P/c1-3-27-30(24,28-4-2)13-8-14-31(25,26)20-18-12-11-16(21(22)23)15-19(18)29-17-9-6-5-7-10-17;13-11-7-6-9(14(15)16)8-12(11)17-10-4-2-1-3-5-10;1-3-10-12(9,11-4-2)7-5-6-8/h5-7,9-12,15,20H,3-4,8,13-14H2,1-2H3;1-8H,13H2;3-7H2,1-2H3. The zero-order valence-electron chi connectivity index (χ0n) is 33.7. The number of hydrogen-bond acceptors (Lipinski definition) is 15. The molecule has 0 aliphatic rings. The van der Waals surface area contributed by atoms with Crippen LogP contribution in [-0.2, 0) is 37.2 Å². The minimum absolute atomic E-state index is 0.0155. The first-order chi connectivity index (χ1) is 28.5.